The van der Waals surface area contributed by atoms with Crippen molar-refractivity contribution in [3.8, 4) is 5.75 Å². The highest BCUT2D eigenvalue weighted by molar-refractivity contribution is 7.99. The fourth-order valence-corrected chi connectivity index (χ4v) is 4.86. The minimum absolute atomic E-state index is 0.0203. The summed E-state index contributed by atoms with van der Waals surface area (Å²) in [5, 5.41) is 3.18. The van der Waals surface area contributed by atoms with Crippen molar-refractivity contribution in [1.29, 1.82) is 0 Å². The fourth-order valence-electron chi connectivity index (χ4n) is 3.99. The third-order valence-corrected chi connectivity index (χ3v) is 6.96. The molecule has 1 atom stereocenters. The van der Waals surface area contributed by atoms with Gasteiger partial charge in [0.2, 0.25) is 11.8 Å². The molecular weight excluding hydrogens is 420 g/mol. The van der Waals surface area contributed by atoms with Crippen molar-refractivity contribution in [2.24, 2.45) is 0 Å². The average Bonchev–Trinajstić information content (AvgIpc) is 2.83. The number of hydrogen-bond donors (Lipinski definition) is 1. The molecule has 1 saturated carbocycles. The monoisotopic (exact) mass is 454 g/mol. The zero-order valence-corrected chi connectivity index (χ0v) is 19.9. The molecule has 32 heavy (non-hydrogen) atoms. The van der Waals surface area contributed by atoms with Crippen LogP contribution in [0.15, 0.2) is 54.6 Å². The molecule has 2 aromatic rings. The van der Waals surface area contributed by atoms with Crippen LogP contribution >= 0.6 is 11.8 Å². The van der Waals surface area contributed by atoms with E-state index in [-0.39, 0.29) is 17.9 Å². The number of hydrogen-bond acceptors (Lipinski definition) is 4. The van der Waals surface area contributed by atoms with E-state index in [0.29, 0.717) is 12.3 Å². The zero-order chi connectivity index (χ0) is 22.8. The Hall–Kier alpha value is -2.47. The van der Waals surface area contributed by atoms with Gasteiger partial charge in [-0.1, -0.05) is 61.7 Å². The highest BCUT2D eigenvalue weighted by atomic mass is 32.2. The molecule has 3 rings (SSSR count). The highest BCUT2D eigenvalue weighted by Crippen LogP contribution is 2.20. The van der Waals surface area contributed by atoms with Crippen LogP contribution in [0.25, 0.3) is 0 Å². The van der Waals surface area contributed by atoms with Gasteiger partial charge in [-0.05, 0) is 43.0 Å². The van der Waals surface area contributed by atoms with Gasteiger partial charge in [-0.25, -0.2) is 0 Å². The molecule has 0 aromatic heterocycles. The van der Waals surface area contributed by atoms with E-state index in [1.54, 1.807) is 23.8 Å². The standard InChI is InChI=1S/C26H34N2O3S/c1-20(26(30)27-23-11-7-4-8-12-23)28(17-21-13-15-24(31-2)16-14-21)25(29)19-32-18-22-9-5-3-6-10-22/h3,5-6,9-10,13-16,20,23H,4,7-8,11-12,17-19H2,1-2H3,(H,27,30)/t20-/m0/s1. The molecular formula is C26H34N2O3S. The molecule has 1 aliphatic carbocycles. The topological polar surface area (TPSA) is 58.6 Å². The fraction of sp³-hybridized carbons (Fsp3) is 0.462. The molecule has 5 nitrogen and oxygen atoms in total. The summed E-state index contributed by atoms with van der Waals surface area (Å²) in [4.78, 5) is 27.9. The molecule has 0 spiro atoms. The molecule has 0 bridgehead atoms. The van der Waals surface area contributed by atoms with Gasteiger partial charge < -0.3 is 15.0 Å². The number of rotatable bonds is 10. The molecule has 1 N–H and O–H groups in total. The summed E-state index contributed by atoms with van der Waals surface area (Å²) >= 11 is 1.58. The Bertz CT molecular complexity index is 851. The first kappa shape index (κ1) is 24.2. The van der Waals surface area contributed by atoms with Crippen molar-refractivity contribution < 1.29 is 14.3 Å². The minimum atomic E-state index is -0.524. The molecule has 1 aliphatic rings. The Labute approximate surface area is 195 Å². The molecule has 0 saturated heterocycles. The number of ether oxygens (including phenoxy) is 1. The van der Waals surface area contributed by atoms with Gasteiger partial charge in [0.1, 0.15) is 11.8 Å². The van der Waals surface area contributed by atoms with Crippen molar-refractivity contribution in [2.45, 2.75) is 63.4 Å². The summed E-state index contributed by atoms with van der Waals surface area (Å²) < 4.78 is 5.24. The first-order valence-electron chi connectivity index (χ1n) is 11.4. The van der Waals surface area contributed by atoms with Crippen LogP contribution in [0.3, 0.4) is 0 Å². The van der Waals surface area contributed by atoms with Gasteiger partial charge >= 0.3 is 0 Å². The minimum Gasteiger partial charge on any atom is -0.497 e. The Balaban J connectivity index is 1.65. The number of nitrogens with zero attached hydrogens (tertiary/aromatic N) is 1. The van der Waals surface area contributed by atoms with Crippen molar-refractivity contribution in [3.05, 3.63) is 65.7 Å². The van der Waals surface area contributed by atoms with E-state index in [1.807, 2.05) is 49.4 Å². The first-order valence-corrected chi connectivity index (χ1v) is 12.6. The van der Waals surface area contributed by atoms with Crippen molar-refractivity contribution in [3.63, 3.8) is 0 Å². The summed E-state index contributed by atoms with van der Waals surface area (Å²) in [5.74, 6) is 1.80. The zero-order valence-electron chi connectivity index (χ0n) is 19.1. The van der Waals surface area contributed by atoms with E-state index in [0.717, 1.165) is 42.7 Å². The molecule has 0 heterocycles. The Morgan fingerprint density at radius 1 is 1.03 bits per heavy atom. The predicted molar refractivity (Wildman–Crippen MR) is 131 cm³/mol. The Morgan fingerprint density at radius 2 is 1.72 bits per heavy atom. The van der Waals surface area contributed by atoms with Gasteiger partial charge in [0.05, 0.1) is 12.9 Å². The number of benzene rings is 2. The number of carbonyl (C=O) groups is 2. The molecule has 2 amide bonds. The number of nitrogens with one attached hydrogen (secondary N) is 1. The lowest BCUT2D eigenvalue weighted by Gasteiger charge is -2.31. The number of amides is 2. The van der Waals surface area contributed by atoms with E-state index in [2.05, 4.69) is 17.4 Å². The quantitative estimate of drug-likeness (QED) is 0.561. The molecule has 0 radical (unpaired) electrons. The van der Waals surface area contributed by atoms with Crippen LogP contribution in [0.4, 0.5) is 0 Å². The molecule has 0 aliphatic heterocycles. The molecule has 0 unspecified atom stereocenters. The normalized spacial score (nSPS) is 15.1. The maximum absolute atomic E-state index is 13.2. The SMILES string of the molecule is COc1ccc(CN(C(=O)CSCc2ccccc2)[C@@H](C)C(=O)NC2CCCCC2)cc1. The molecule has 1 fully saturated rings. The van der Waals surface area contributed by atoms with E-state index in [9.17, 15) is 9.59 Å². The van der Waals surface area contributed by atoms with Gasteiger partial charge in [-0.2, -0.15) is 0 Å². The van der Waals surface area contributed by atoms with E-state index in [1.165, 1.54) is 12.0 Å². The van der Waals surface area contributed by atoms with Crippen LogP contribution in [0.5, 0.6) is 5.75 Å². The maximum Gasteiger partial charge on any atom is 0.242 e. The lowest BCUT2D eigenvalue weighted by atomic mass is 9.95. The summed E-state index contributed by atoms with van der Waals surface area (Å²) in [6, 6.07) is 17.5. The second kappa shape index (κ2) is 12.5. The van der Waals surface area contributed by atoms with E-state index in [4.69, 9.17) is 4.74 Å². The van der Waals surface area contributed by atoms with Gasteiger partial charge in [-0.15, -0.1) is 11.8 Å². The predicted octanol–water partition coefficient (Wildman–Crippen LogP) is 4.79. The Morgan fingerprint density at radius 3 is 2.38 bits per heavy atom. The number of methoxy groups -OCH3 is 1. The lowest BCUT2D eigenvalue weighted by molar-refractivity contribution is -0.139. The van der Waals surface area contributed by atoms with E-state index < -0.39 is 6.04 Å². The van der Waals surface area contributed by atoms with Crippen LogP contribution in [0.2, 0.25) is 0 Å². The smallest absolute Gasteiger partial charge is 0.242 e. The highest BCUT2D eigenvalue weighted by Gasteiger charge is 2.28. The van der Waals surface area contributed by atoms with Crippen molar-refractivity contribution in [2.75, 3.05) is 12.9 Å². The number of thioether (sulfide) groups is 1. The van der Waals surface area contributed by atoms with Gasteiger partial charge in [0.25, 0.3) is 0 Å². The first-order chi connectivity index (χ1) is 15.6. The van der Waals surface area contributed by atoms with Crippen LogP contribution in [0.1, 0.15) is 50.2 Å². The van der Waals surface area contributed by atoms with Crippen LogP contribution in [0, 0.1) is 0 Å². The summed E-state index contributed by atoms with van der Waals surface area (Å²) in [5.41, 5.74) is 2.17. The second-order valence-corrected chi connectivity index (χ2v) is 9.35. The van der Waals surface area contributed by atoms with E-state index >= 15 is 0 Å². The van der Waals surface area contributed by atoms with Gasteiger partial charge in [0.15, 0.2) is 0 Å². The largest absolute Gasteiger partial charge is 0.497 e. The molecule has 2 aromatic carbocycles. The van der Waals surface area contributed by atoms with Gasteiger partial charge in [-0.3, -0.25) is 9.59 Å². The third kappa shape index (κ3) is 7.30. The summed E-state index contributed by atoms with van der Waals surface area (Å²) in [6.45, 7) is 2.23. The average molecular weight is 455 g/mol. The lowest BCUT2D eigenvalue weighted by Crippen LogP contribution is -2.50. The van der Waals surface area contributed by atoms with Gasteiger partial charge in [0, 0.05) is 18.3 Å². The van der Waals surface area contributed by atoms with Crippen molar-refractivity contribution >= 4 is 23.6 Å². The number of carbonyl (C=O) groups excluding carboxylic acids is 2. The van der Waals surface area contributed by atoms with Crippen LogP contribution in [-0.4, -0.2) is 41.7 Å². The second-order valence-electron chi connectivity index (χ2n) is 8.37. The third-order valence-electron chi connectivity index (χ3n) is 5.97. The van der Waals surface area contributed by atoms with Crippen LogP contribution in [-0.2, 0) is 21.9 Å². The summed E-state index contributed by atoms with van der Waals surface area (Å²) in [6.07, 6.45) is 5.60. The van der Waals surface area contributed by atoms with Crippen LogP contribution < -0.4 is 10.1 Å². The summed E-state index contributed by atoms with van der Waals surface area (Å²) in [7, 11) is 1.63. The molecule has 6 heteroatoms. The van der Waals surface area contributed by atoms with Crippen molar-refractivity contribution in [1.82, 2.24) is 10.2 Å². The molecule has 172 valence electrons. The Kier molecular flexibility index (Phi) is 9.47. The maximum atomic E-state index is 13.2.